The van der Waals surface area contributed by atoms with E-state index in [0.29, 0.717) is 19.0 Å². The van der Waals surface area contributed by atoms with Crippen LogP contribution < -0.4 is 10.7 Å². The zero-order chi connectivity index (χ0) is 21.0. The highest BCUT2D eigenvalue weighted by atomic mass is 32.2. The Morgan fingerprint density at radius 2 is 2.17 bits per heavy atom. The molecule has 0 bridgehead atoms. The molecular formula is C21H31N4O3S+. The third-order valence-electron chi connectivity index (χ3n) is 5.43. The third-order valence-corrected chi connectivity index (χ3v) is 6.46. The number of fused-ring (bicyclic) bond motifs is 2. The summed E-state index contributed by atoms with van der Waals surface area (Å²) in [5.41, 5.74) is 8.57. The maximum Gasteiger partial charge on any atom is 0.233 e. The lowest BCUT2D eigenvalue weighted by atomic mass is 9.83. The molecule has 0 spiro atoms. The van der Waals surface area contributed by atoms with Gasteiger partial charge in [-0.25, -0.2) is 13.8 Å². The highest BCUT2D eigenvalue weighted by Gasteiger charge is 2.29. The highest BCUT2D eigenvalue weighted by Crippen LogP contribution is 2.35. The molecule has 8 heteroatoms. The molecule has 0 unspecified atom stereocenters. The van der Waals surface area contributed by atoms with E-state index < -0.39 is 9.84 Å². The van der Waals surface area contributed by atoms with Crippen molar-refractivity contribution in [1.82, 2.24) is 15.4 Å². The Bertz CT molecular complexity index is 1010. The Morgan fingerprint density at radius 3 is 2.90 bits per heavy atom. The Hall–Kier alpha value is -2.16. The highest BCUT2D eigenvalue weighted by molar-refractivity contribution is 7.90. The average Bonchev–Trinajstić information content (AvgIpc) is 3.09. The molecule has 1 aromatic carbocycles. The van der Waals surface area contributed by atoms with E-state index in [4.69, 9.17) is 0 Å². The molecule has 7 nitrogen and oxygen atoms in total. The van der Waals surface area contributed by atoms with Crippen molar-refractivity contribution in [3.63, 3.8) is 0 Å². The van der Waals surface area contributed by atoms with Gasteiger partial charge in [-0.05, 0) is 23.6 Å². The van der Waals surface area contributed by atoms with Gasteiger partial charge >= 0.3 is 0 Å². The van der Waals surface area contributed by atoms with Gasteiger partial charge in [-0.2, -0.15) is 0 Å². The normalized spacial score (nSPS) is 17.8. The number of nitrogens with one attached hydrogen (secondary N) is 2. The lowest BCUT2D eigenvalue weighted by Gasteiger charge is -2.27. The predicted molar refractivity (Wildman–Crippen MR) is 116 cm³/mol. The zero-order valence-corrected chi connectivity index (χ0v) is 18.2. The fourth-order valence-corrected chi connectivity index (χ4v) is 4.57. The van der Waals surface area contributed by atoms with E-state index in [1.165, 1.54) is 59.6 Å². The predicted octanol–water partition coefficient (Wildman–Crippen LogP) is 0.847. The van der Waals surface area contributed by atoms with Crippen LogP contribution >= 0.6 is 0 Å². The number of nitrogens with two attached hydrogens (primary N) is 1. The van der Waals surface area contributed by atoms with Gasteiger partial charge in [-0.3, -0.25) is 9.80 Å². The van der Waals surface area contributed by atoms with Crippen molar-refractivity contribution in [2.75, 3.05) is 32.1 Å². The third kappa shape index (κ3) is 5.46. The van der Waals surface area contributed by atoms with E-state index in [2.05, 4.69) is 46.2 Å². The fraction of sp³-hybridized carbons (Fsp3) is 0.476. The van der Waals surface area contributed by atoms with E-state index in [0.717, 1.165) is 0 Å². The van der Waals surface area contributed by atoms with E-state index in [1.807, 2.05) is 0 Å². The quantitative estimate of drug-likeness (QED) is 0.494. The molecule has 1 aliphatic carbocycles. The van der Waals surface area contributed by atoms with Crippen LogP contribution in [-0.4, -0.2) is 62.5 Å². The molecule has 4 rings (SSSR count). The summed E-state index contributed by atoms with van der Waals surface area (Å²) in [5.74, 6) is 0.0468. The van der Waals surface area contributed by atoms with E-state index in [-0.39, 0.29) is 11.7 Å². The van der Waals surface area contributed by atoms with Crippen molar-refractivity contribution < 1.29 is 18.5 Å². The van der Waals surface area contributed by atoms with E-state index in [9.17, 15) is 13.2 Å². The number of carbonyl (C=O) groups excluding carboxylic acids is 1. The van der Waals surface area contributed by atoms with Crippen LogP contribution in [0.4, 0.5) is 0 Å². The summed E-state index contributed by atoms with van der Waals surface area (Å²) in [4.78, 5) is 14.1. The van der Waals surface area contributed by atoms with Crippen LogP contribution in [0.2, 0.25) is 0 Å². The van der Waals surface area contributed by atoms with Crippen LogP contribution in [0.3, 0.4) is 0 Å². The lowest BCUT2D eigenvalue weighted by Crippen LogP contribution is -2.91. The number of rotatable bonds is 5. The summed E-state index contributed by atoms with van der Waals surface area (Å²) in [6.45, 7) is 3.16. The first-order valence-electron chi connectivity index (χ1n) is 10.0. The number of hydrogen-bond donors (Lipinski definition) is 3. The molecule has 2 aliphatic rings. The molecule has 4 N–H and O–H groups in total. The first-order chi connectivity index (χ1) is 13.8. The summed E-state index contributed by atoms with van der Waals surface area (Å²) in [6, 6.07) is 7.27. The molecule has 0 saturated carbocycles. The Balaban J connectivity index is 0.000000171. The number of amides is 1. The van der Waals surface area contributed by atoms with E-state index in [1.54, 1.807) is 12.6 Å². The van der Waals surface area contributed by atoms with Crippen LogP contribution in [0.25, 0.3) is 16.5 Å². The average molecular weight is 420 g/mol. The molecule has 0 saturated heterocycles. The van der Waals surface area contributed by atoms with Crippen molar-refractivity contribution in [3.05, 3.63) is 41.6 Å². The Morgan fingerprint density at radius 1 is 1.38 bits per heavy atom. The second-order valence-corrected chi connectivity index (χ2v) is 10.1. The number of nitrogens with zero attached hydrogens (tertiary/aromatic N) is 1. The van der Waals surface area contributed by atoms with Crippen LogP contribution in [0, 0.1) is 0 Å². The van der Waals surface area contributed by atoms with Crippen LogP contribution in [0.5, 0.6) is 0 Å². The van der Waals surface area contributed by atoms with Gasteiger partial charge < -0.3 is 10.3 Å². The monoisotopic (exact) mass is 419 g/mol. The maximum atomic E-state index is 10.7. The SMILES string of the molecule is C1=C2c3cccc4[nH]cc(c34)C[C@H]2[NH2+]CC1.CC(=O)N(C)NCCCS(C)(=O)=O. The van der Waals surface area contributed by atoms with Gasteiger partial charge in [0, 0.05) is 62.3 Å². The Labute approximate surface area is 172 Å². The van der Waals surface area contributed by atoms with Gasteiger partial charge in [0.15, 0.2) is 0 Å². The van der Waals surface area contributed by atoms with Gasteiger partial charge in [-0.1, -0.05) is 18.2 Å². The molecule has 1 aliphatic heterocycles. The van der Waals surface area contributed by atoms with Gasteiger partial charge in [-0.15, -0.1) is 0 Å². The molecule has 2 aromatic rings. The topological polar surface area (TPSA) is 98.9 Å². The molecule has 29 heavy (non-hydrogen) atoms. The van der Waals surface area contributed by atoms with Crippen LogP contribution in [0.1, 0.15) is 30.9 Å². The first kappa shape index (κ1) is 21.5. The maximum absolute atomic E-state index is 10.7. The summed E-state index contributed by atoms with van der Waals surface area (Å²) in [7, 11) is -1.29. The second kappa shape index (κ2) is 9.11. The number of aromatic nitrogens is 1. The van der Waals surface area contributed by atoms with Crippen molar-refractivity contribution in [1.29, 1.82) is 0 Å². The minimum Gasteiger partial charge on any atom is -0.361 e. The number of aromatic amines is 1. The van der Waals surface area contributed by atoms with Gasteiger partial charge in [0.25, 0.3) is 0 Å². The summed E-state index contributed by atoms with van der Waals surface area (Å²) < 4.78 is 21.4. The number of carbonyl (C=O) groups is 1. The Kier molecular flexibility index (Phi) is 6.77. The number of quaternary nitrogens is 1. The van der Waals surface area contributed by atoms with Crippen molar-refractivity contribution >= 4 is 32.2 Å². The molecule has 1 atom stereocenters. The summed E-state index contributed by atoms with van der Waals surface area (Å²) in [6.07, 6.45) is 8.73. The second-order valence-electron chi connectivity index (χ2n) is 7.79. The number of H-pyrrole nitrogens is 1. The van der Waals surface area contributed by atoms with Crippen LogP contribution in [0.15, 0.2) is 30.5 Å². The molecule has 0 fully saturated rings. The van der Waals surface area contributed by atoms with Gasteiger partial charge in [0.05, 0.1) is 12.3 Å². The van der Waals surface area contributed by atoms with Gasteiger partial charge in [0.1, 0.15) is 15.9 Å². The largest absolute Gasteiger partial charge is 0.361 e. The first-order valence-corrected chi connectivity index (χ1v) is 12.1. The van der Waals surface area contributed by atoms with Crippen LogP contribution in [-0.2, 0) is 21.1 Å². The zero-order valence-electron chi connectivity index (χ0n) is 17.4. The number of benzene rings is 1. The smallest absolute Gasteiger partial charge is 0.233 e. The molecule has 0 radical (unpaired) electrons. The summed E-state index contributed by atoms with van der Waals surface area (Å²) in [5, 5.41) is 5.28. The summed E-state index contributed by atoms with van der Waals surface area (Å²) >= 11 is 0. The lowest BCUT2D eigenvalue weighted by molar-refractivity contribution is -0.677. The molecule has 158 valence electrons. The van der Waals surface area contributed by atoms with Crippen molar-refractivity contribution in [2.24, 2.45) is 0 Å². The fourth-order valence-electron chi connectivity index (χ4n) is 3.90. The molecule has 2 heterocycles. The van der Waals surface area contributed by atoms with Gasteiger partial charge in [0.2, 0.25) is 5.91 Å². The molecular weight excluding hydrogens is 388 g/mol. The minimum atomic E-state index is -2.89. The minimum absolute atomic E-state index is 0.0978. The standard InChI is InChI=1S/C14H14N2.C7H16N2O3S/c1-3-11-10-4-2-6-15-13(10)7-9-8-16-12(5-1)14(9)11;1-7(10)9(2)8-5-4-6-13(3,11)12/h1,3-5,8,13,15-16H,2,6-7H2;8H,4-6H2,1-3H3/p+1/t13-;/m1./s1. The number of sulfone groups is 1. The van der Waals surface area contributed by atoms with Crippen molar-refractivity contribution in [2.45, 2.75) is 32.2 Å². The molecule has 1 amide bonds. The number of hydrogen-bond acceptors (Lipinski definition) is 4. The van der Waals surface area contributed by atoms with Crippen molar-refractivity contribution in [3.8, 4) is 0 Å². The number of hydrazine groups is 1. The molecule has 1 aromatic heterocycles. The van der Waals surface area contributed by atoms with E-state index >= 15 is 0 Å².